The van der Waals surface area contributed by atoms with Crippen molar-refractivity contribution in [3.8, 4) is 6.07 Å². The Balaban J connectivity index is 1.89. The maximum atomic E-state index is 13.8. The Kier molecular flexibility index (Phi) is 6.77. The van der Waals surface area contributed by atoms with Crippen LogP contribution < -0.4 is 10.6 Å². The molecule has 0 radical (unpaired) electrons. The lowest BCUT2D eigenvalue weighted by atomic mass is 10.1. The topological polar surface area (TPSA) is 78.0 Å². The summed E-state index contributed by atoms with van der Waals surface area (Å²) < 4.78 is 15.6. The molecule has 1 heterocycles. The second-order valence-corrected chi connectivity index (χ2v) is 5.16. The van der Waals surface area contributed by atoms with Crippen molar-refractivity contribution in [2.75, 3.05) is 13.1 Å². The van der Waals surface area contributed by atoms with Gasteiger partial charge in [-0.05, 0) is 37.6 Å². The molecule has 0 bridgehead atoms. The summed E-state index contributed by atoms with van der Waals surface area (Å²) in [6.07, 6.45) is 4.57. The van der Waals surface area contributed by atoms with Crippen molar-refractivity contribution in [3.63, 3.8) is 0 Å². The Morgan fingerprint density at radius 3 is 3.00 bits per heavy atom. The molecule has 7 heteroatoms. The SMILES string of the molecule is CCNC(=NCc1cc(C#N)ccc1F)NCCCn1cccn1. The molecule has 1 aromatic heterocycles. The number of hydrogen-bond donors (Lipinski definition) is 2. The quantitative estimate of drug-likeness (QED) is 0.463. The number of halogens is 1. The number of rotatable bonds is 7. The van der Waals surface area contributed by atoms with Crippen molar-refractivity contribution in [1.29, 1.82) is 5.26 Å². The summed E-state index contributed by atoms with van der Waals surface area (Å²) in [5, 5.41) is 19.4. The number of aromatic nitrogens is 2. The van der Waals surface area contributed by atoms with Gasteiger partial charge in [-0.1, -0.05) is 0 Å². The van der Waals surface area contributed by atoms with Crippen molar-refractivity contribution in [3.05, 3.63) is 53.6 Å². The first kappa shape index (κ1) is 17.5. The summed E-state index contributed by atoms with van der Waals surface area (Å²) in [6.45, 7) is 4.41. The van der Waals surface area contributed by atoms with Crippen LogP contribution in [-0.4, -0.2) is 28.8 Å². The van der Waals surface area contributed by atoms with Crippen LogP contribution in [0.1, 0.15) is 24.5 Å². The van der Waals surface area contributed by atoms with Gasteiger partial charge in [0.2, 0.25) is 0 Å². The molecule has 0 amide bonds. The monoisotopic (exact) mass is 328 g/mol. The number of hydrogen-bond acceptors (Lipinski definition) is 3. The maximum absolute atomic E-state index is 13.8. The number of aliphatic imine (C=N–C) groups is 1. The zero-order chi connectivity index (χ0) is 17.2. The minimum Gasteiger partial charge on any atom is -0.357 e. The van der Waals surface area contributed by atoms with E-state index in [4.69, 9.17) is 5.26 Å². The van der Waals surface area contributed by atoms with Gasteiger partial charge in [0, 0.05) is 37.6 Å². The average Bonchev–Trinajstić information content (AvgIpc) is 3.11. The zero-order valence-corrected chi connectivity index (χ0v) is 13.7. The van der Waals surface area contributed by atoms with Crippen LogP contribution in [0.25, 0.3) is 0 Å². The Morgan fingerprint density at radius 1 is 1.42 bits per heavy atom. The predicted molar refractivity (Wildman–Crippen MR) is 90.8 cm³/mol. The second kappa shape index (κ2) is 9.30. The molecule has 0 aliphatic rings. The van der Waals surface area contributed by atoms with Gasteiger partial charge in [0.05, 0.1) is 18.2 Å². The van der Waals surface area contributed by atoms with E-state index in [9.17, 15) is 4.39 Å². The summed E-state index contributed by atoms with van der Waals surface area (Å²) in [4.78, 5) is 4.38. The molecule has 0 atom stereocenters. The van der Waals surface area contributed by atoms with Crippen LogP contribution in [0, 0.1) is 17.1 Å². The molecule has 6 nitrogen and oxygen atoms in total. The molecule has 2 rings (SSSR count). The fourth-order valence-corrected chi connectivity index (χ4v) is 2.15. The molecule has 2 aromatic rings. The fraction of sp³-hybridized carbons (Fsp3) is 0.353. The van der Waals surface area contributed by atoms with Gasteiger partial charge in [-0.25, -0.2) is 9.38 Å². The number of nitrogens with zero attached hydrogens (tertiary/aromatic N) is 4. The Hall–Kier alpha value is -2.88. The van der Waals surface area contributed by atoms with Gasteiger partial charge in [0.25, 0.3) is 0 Å². The average molecular weight is 328 g/mol. The molecule has 0 fully saturated rings. The lowest BCUT2D eigenvalue weighted by Gasteiger charge is -2.11. The normalized spacial score (nSPS) is 11.1. The van der Waals surface area contributed by atoms with Crippen LogP contribution in [0.3, 0.4) is 0 Å². The number of aryl methyl sites for hydroxylation is 1. The van der Waals surface area contributed by atoms with Gasteiger partial charge >= 0.3 is 0 Å². The van der Waals surface area contributed by atoms with E-state index in [2.05, 4.69) is 20.7 Å². The minimum atomic E-state index is -0.354. The van der Waals surface area contributed by atoms with Crippen LogP contribution in [0.5, 0.6) is 0 Å². The number of nitriles is 1. The standard InChI is InChI=1S/C17H21FN6/c1-2-20-17(21-7-3-9-24-10-4-8-23-24)22-13-15-11-14(12-19)5-6-16(15)18/h4-6,8,10-11H,2-3,7,9,13H2,1H3,(H2,20,21,22). The van der Waals surface area contributed by atoms with Crippen molar-refractivity contribution in [2.45, 2.75) is 26.4 Å². The molecule has 0 spiro atoms. The van der Waals surface area contributed by atoms with Gasteiger partial charge in [0.1, 0.15) is 5.82 Å². The van der Waals surface area contributed by atoms with E-state index < -0.39 is 0 Å². The smallest absolute Gasteiger partial charge is 0.191 e. The van der Waals surface area contributed by atoms with Gasteiger partial charge in [-0.3, -0.25) is 4.68 Å². The Morgan fingerprint density at radius 2 is 2.29 bits per heavy atom. The third kappa shape index (κ3) is 5.39. The van der Waals surface area contributed by atoms with Gasteiger partial charge in [0.15, 0.2) is 5.96 Å². The molecule has 0 unspecified atom stereocenters. The highest BCUT2D eigenvalue weighted by molar-refractivity contribution is 5.79. The summed E-state index contributed by atoms with van der Waals surface area (Å²) in [5.41, 5.74) is 0.835. The lowest BCUT2D eigenvalue weighted by Crippen LogP contribution is -2.38. The van der Waals surface area contributed by atoms with E-state index in [1.165, 1.54) is 18.2 Å². The third-order valence-electron chi connectivity index (χ3n) is 3.34. The summed E-state index contributed by atoms with van der Waals surface area (Å²) in [7, 11) is 0. The molecule has 0 aliphatic carbocycles. The molecule has 0 saturated carbocycles. The van der Waals surface area contributed by atoms with E-state index in [0.717, 1.165) is 19.5 Å². The zero-order valence-electron chi connectivity index (χ0n) is 13.7. The van der Waals surface area contributed by atoms with E-state index in [-0.39, 0.29) is 12.4 Å². The van der Waals surface area contributed by atoms with E-state index in [0.29, 0.717) is 23.6 Å². The first-order valence-electron chi connectivity index (χ1n) is 7.91. The second-order valence-electron chi connectivity index (χ2n) is 5.16. The van der Waals surface area contributed by atoms with Gasteiger partial charge in [-0.15, -0.1) is 0 Å². The number of benzene rings is 1. The third-order valence-corrected chi connectivity index (χ3v) is 3.34. The molecule has 0 saturated heterocycles. The Bertz CT molecular complexity index is 702. The fourth-order valence-electron chi connectivity index (χ4n) is 2.15. The number of guanidine groups is 1. The van der Waals surface area contributed by atoms with E-state index in [1.54, 1.807) is 6.20 Å². The maximum Gasteiger partial charge on any atom is 0.191 e. The van der Waals surface area contributed by atoms with Crippen LogP contribution in [0.15, 0.2) is 41.7 Å². The van der Waals surface area contributed by atoms with Gasteiger partial charge in [-0.2, -0.15) is 10.4 Å². The van der Waals surface area contributed by atoms with Crippen molar-refractivity contribution in [2.24, 2.45) is 4.99 Å². The van der Waals surface area contributed by atoms with Crippen LogP contribution in [0.2, 0.25) is 0 Å². The van der Waals surface area contributed by atoms with Crippen molar-refractivity contribution >= 4 is 5.96 Å². The lowest BCUT2D eigenvalue weighted by molar-refractivity contribution is 0.570. The highest BCUT2D eigenvalue weighted by Crippen LogP contribution is 2.11. The predicted octanol–water partition coefficient (Wildman–Crippen LogP) is 2.04. The molecule has 24 heavy (non-hydrogen) atoms. The summed E-state index contributed by atoms with van der Waals surface area (Å²) in [5.74, 6) is 0.270. The van der Waals surface area contributed by atoms with Crippen LogP contribution in [-0.2, 0) is 13.1 Å². The van der Waals surface area contributed by atoms with Crippen molar-refractivity contribution in [1.82, 2.24) is 20.4 Å². The highest BCUT2D eigenvalue weighted by atomic mass is 19.1. The molecule has 1 aromatic carbocycles. The van der Waals surface area contributed by atoms with Gasteiger partial charge < -0.3 is 10.6 Å². The van der Waals surface area contributed by atoms with E-state index in [1.807, 2.05) is 29.9 Å². The summed E-state index contributed by atoms with van der Waals surface area (Å²) in [6, 6.07) is 8.19. The van der Waals surface area contributed by atoms with Crippen LogP contribution >= 0.6 is 0 Å². The molecular weight excluding hydrogens is 307 g/mol. The Labute approximate surface area is 141 Å². The van der Waals surface area contributed by atoms with E-state index >= 15 is 0 Å². The number of nitrogens with one attached hydrogen (secondary N) is 2. The van der Waals surface area contributed by atoms with Crippen molar-refractivity contribution < 1.29 is 4.39 Å². The highest BCUT2D eigenvalue weighted by Gasteiger charge is 2.04. The summed E-state index contributed by atoms with van der Waals surface area (Å²) >= 11 is 0. The molecule has 2 N–H and O–H groups in total. The molecular formula is C17H21FN6. The van der Waals surface area contributed by atoms with Crippen LogP contribution in [0.4, 0.5) is 4.39 Å². The largest absolute Gasteiger partial charge is 0.357 e. The molecule has 126 valence electrons. The minimum absolute atomic E-state index is 0.176. The molecule has 0 aliphatic heterocycles. The first-order chi connectivity index (χ1) is 11.7. The first-order valence-corrected chi connectivity index (χ1v) is 7.91.